The second-order valence-corrected chi connectivity index (χ2v) is 3.30. The fourth-order valence-electron chi connectivity index (χ4n) is 1.31. The summed E-state index contributed by atoms with van der Waals surface area (Å²) >= 11 is 0. The van der Waals surface area contributed by atoms with Gasteiger partial charge in [0.1, 0.15) is 0 Å². The first-order chi connectivity index (χ1) is 7.36. The molecule has 0 atom stereocenters. The molecule has 1 aromatic heterocycles. The molecule has 76 valence electrons. The van der Waals surface area contributed by atoms with Crippen molar-refractivity contribution in [2.45, 2.75) is 6.54 Å². The highest BCUT2D eigenvalue weighted by Gasteiger charge is 2.07. The molecule has 0 saturated carbocycles. The van der Waals surface area contributed by atoms with Crippen LogP contribution in [0.25, 0.3) is 0 Å². The fraction of sp³-hybridized carbons (Fsp3) is 0.0833. The molecular formula is C12H13N3. The summed E-state index contributed by atoms with van der Waals surface area (Å²) in [5.74, 6) is 0. The molecule has 0 unspecified atom stereocenters. The number of nitrogens with zero attached hydrogens (tertiary/aromatic N) is 1. The molecule has 0 fully saturated rings. The molecule has 3 rings (SSSR count). The molecule has 2 heterocycles. The number of nitrogens with two attached hydrogens (primary N) is 1. The lowest BCUT2D eigenvalue weighted by Crippen LogP contribution is -2.12. The zero-order valence-corrected chi connectivity index (χ0v) is 8.35. The van der Waals surface area contributed by atoms with E-state index in [1.165, 1.54) is 11.3 Å². The first kappa shape index (κ1) is 9.52. The van der Waals surface area contributed by atoms with Crippen LogP contribution >= 0.6 is 0 Å². The van der Waals surface area contributed by atoms with Crippen molar-refractivity contribution in [3.63, 3.8) is 0 Å². The fourth-order valence-corrected chi connectivity index (χ4v) is 1.31. The number of nitrogen functional groups attached to an aromatic ring is 1. The average Bonchev–Trinajstić information content (AvgIpc) is 2.22. The van der Waals surface area contributed by atoms with Gasteiger partial charge >= 0.3 is 0 Å². The third kappa shape index (κ3) is 2.47. The molecule has 0 radical (unpaired) electrons. The van der Waals surface area contributed by atoms with Crippen molar-refractivity contribution in [2.75, 3.05) is 11.1 Å². The van der Waals surface area contributed by atoms with Crippen LogP contribution in [0, 0.1) is 0 Å². The number of para-hydroxylation sites is 1. The maximum absolute atomic E-state index is 5.30. The molecule has 1 aliphatic rings. The van der Waals surface area contributed by atoms with Crippen molar-refractivity contribution in [3.8, 4) is 0 Å². The van der Waals surface area contributed by atoms with E-state index in [1.54, 1.807) is 24.5 Å². The van der Waals surface area contributed by atoms with Gasteiger partial charge in [0.25, 0.3) is 0 Å². The highest BCUT2D eigenvalue weighted by Crippen LogP contribution is 2.23. The van der Waals surface area contributed by atoms with Gasteiger partial charge in [-0.1, -0.05) is 18.2 Å². The number of anilines is 2. The molecule has 15 heavy (non-hydrogen) atoms. The maximum atomic E-state index is 5.30. The van der Waals surface area contributed by atoms with Crippen LogP contribution in [0.15, 0.2) is 48.8 Å². The number of aromatic nitrogens is 1. The van der Waals surface area contributed by atoms with E-state index in [0.29, 0.717) is 5.69 Å². The zero-order chi connectivity index (χ0) is 10.5. The van der Waals surface area contributed by atoms with Gasteiger partial charge in [-0.2, -0.15) is 0 Å². The van der Waals surface area contributed by atoms with Gasteiger partial charge < -0.3 is 11.1 Å². The number of pyridine rings is 1. The highest BCUT2D eigenvalue weighted by atomic mass is 14.9. The molecule has 1 aliphatic heterocycles. The van der Waals surface area contributed by atoms with E-state index in [9.17, 15) is 0 Å². The van der Waals surface area contributed by atoms with Crippen LogP contribution in [-0.4, -0.2) is 4.98 Å². The minimum atomic E-state index is 0.711. The summed E-state index contributed by atoms with van der Waals surface area (Å²) in [6, 6.07) is 12.0. The Hall–Kier alpha value is -2.03. The molecule has 2 aromatic rings. The Morgan fingerprint density at radius 3 is 2.33 bits per heavy atom. The average molecular weight is 199 g/mol. The summed E-state index contributed by atoms with van der Waals surface area (Å²) in [5.41, 5.74) is 8.74. The molecule has 3 nitrogen and oxygen atoms in total. The molecule has 0 spiro atoms. The SMILES string of the molecule is Nc1cccnc1.c1ccc2c(c1)CN2. The van der Waals surface area contributed by atoms with Crippen molar-refractivity contribution < 1.29 is 0 Å². The van der Waals surface area contributed by atoms with Gasteiger partial charge in [-0.05, 0) is 23.8 Å². The van der Waals surface area contributed by atoms with Crippen molar-refractivity contribution in [1.82, 2.24) is 4.98 Å². The Labute approximate surface area is 89.0 Å². The van der Waals surface area contributed by atoms with Crippen LogP contribution < -0.4 is 11.1 Å². The molecule has 0 aliphatic carbocycles. The van der Waals surface area contributed by atoms with E-state index in [2.05, 4.69) is 28.5 Å². The van der Waals surface area contributed by atoms with Gasteiger partial charge in [0.2, 0.25) is 0 Å². The van der Waals surface area contributed by atoms with E-state index in [-0.39, 0.29) is 0 Å². The maximum Gasteiger partial charge on any atom is 0.0500 e. The third-order valence-corrected chi connectivity index (χ3v) is 2.17. The Balaban J connectivity index is 0.000000115. The zero-order valence-electron chi connectivity index (χ0n) is 8.35. The van der Waals surface area contributed by atoms with Crippen LogP contribution in [0.1, 0.15) is 5.56 Å². The lowest BCUT2D eigenvalue weighted by atomic mass is 10.1. The van der Waals surface area contributed by atoms with Crippen LogP contribution in [0.2, 0.25) is 0 Å². The predicted octanol–water partition coefficient (Wildman–Crippen LogP) is 2.28. The van der Waals surface area contributed by atoms with Crippen LogP contribution in [0.4, 0.5) is 11.4 Å². The van der Waals surface area contributed by atoms with E-state index in [4.69, 9.17) is 5.73 Å². The summed E-state index contributed by atoms with van der Waals surface area (Å²) in [4.78, 5) is 3.76. The topological polar surface area (TPSA) is 50.9 Å². The normalized spacial score (nSPS) is 11.2. The lowest BCUT2D eigenvalue weighted by Gasteiger charge is -2.19. The highest BCUT2D eigenvalue weighted by molar-refractivity contribution is 5.59. The lowest BCUT2D eigenvalue weighted by molar-refractivity contribution is 1.05. The molecule has 0 bridgehead atoms. The van der Waals surface area contributed by atoms with Gasteiger partial charge in [0, 0.05) is 24.6 Å². The first-order valence-corrected chi connectivity index (χ1v) is 4.83. The largest absolute Gasteiger partial charge is 0.397 e. The number of fused-ring (bicyclic) bond motifs is 1. The van der Waals surface area contributed by atoms with Crippen molar-refractivity contribution in [2.24, 2.45) is 0 Å². The Kier molecular flexibility index (Phi) is 2.83. The molecule has 0 amide bonds. The summed E-state index contributed by atoms with van der Waals surface area (Å²) in [7, 11) is 0. The molecular weight excluding hydrogens is 186 g/mol. The smallest absolute Gasteiger partial charge is 0.0500 e. The second kappa shape index (κ2) is 4.46. The molecule has 0 saturated heterocycles. The van der Waals surface area contributed by atoms with Gasteiger partial charge in [0.05, 0.1) is 5.69 Å². The van der Waals surface area contributed by atoms with Gasteiger partial charge in [-0.3, -0.25) is 4.98 Å². The second-order valence-electron chi connectivity index (χ2n) is 3.30. The van der Waals surface area contributed by atoms with Crippen LogP contribution in [-0.2, 0) is 6.54 Å². The Morgan fingerprint density at radius 1 is 1.13 bits per heavy atom. The quantitative estimate of drug-likeness (QED) is 0.684. The third-order valence-electron chi connectivity index (χ3n) is 2.17. The number of rotatable bonds is 0. The number of hydrogen-bond acceptors (Lipinski definition) is 3. The standard InChI is InChI=1S/C7H7N.C5H6N2/c1-2-4-7-6(3-1)5-8-7;6-5-2-1-3-7-4-5/h1-4,8H,5H2;1-4H,6H2. The van der Waals surface area contributed by atoms with Gasteiger partial charge in [-0.15, -0.1) is 0 Å². The molecule has 1 aromatic carbocycles. The number of nitrogens with one attached hydrogen (secondary N) is 1. The van der Waals surface area contributed by atoms with E-state index in [0.717, 1.165) is 6.54 Å². The predicted molar refractivity (Wildman–Crippen MR) is 62.4 cm³/mol. The van der Waals surface area contributed by atoms with Crippen molar-refractivity contribution in [3.05, 3.63) is 54.4 Å². The first-order valence-electron chi connectivity index (χ1n) is 4.83. The van der Waals surface area contributed by atoms with Gasteiger partial charge in [0.15, 0.2) is 0 Å². The van der Waals surface area contributed by atoms with Crippen molar-refractivity contribution >= 4 is 11.4 Å². The monoisotopic (exact) mass is 199 g/mol. The molecule has 3 N–H and O–H groups in total. The summed E-state index contributed by atoms with van der Waals surface area (Å²) in [6.07, 6.45) is 3.30. The summed E-state index contributed by atoms with van der Waals surface area (Å²) in [6.45, 7) is 1.05. The van der Waals surface area contributed by atoms with Crippen molar-refractivity contribution in [1.29, 1.82) is 0 Å². The Morgan fingerprint density at radius 2 is 2.00 bits per heavy atom. The van der Waals surface area contributed by atoms with Crippen LogP contribution in [0.3, 0.4) is 0 Å². The van der Waals surface area contributed by atoms with E-state index in [1.807, 2.05) is 6.07 Å². The van der Waals surface area contributed by atoms with Crippen LogP contribution in [0.5, 0.6) is 0 Å². The van der Waals surface area contributed by atoms with E-state index < -0.39 is 0 Å². The number of benzene rings is 1. The summed E-state index contributed by atoms with van der Waals surface area (Å²) in [5, 5.41) is 3.19. The Bertz CT molecular complexity index is 403. The minimum absolute atomic E-state index is 0.711. The number of hydrogen-bond donors (Lipinski definition) is 2. The van der Waals surface area contributed by atoms with Gasteiger partial charge in [-0.25, -0.2) is 0 Å². The summed E-state index contributed by atoms with van der Waals surface area (Å²) < 4.78 is 0. The minimum Gasteiger partial charge on any atom is -0.397 e. The van der Waals surface area contributed by atoms with E-state index >= 15 is 0 Å². The molecule has 3 heteroatoms.